The second kappa shape index (κ2) is 11.1. The van der Waals surface area contributed by atoms with Crippen molar-refractivity contribution in [3.05, 3.63) is 59.2 Å². The van der Waals surface area contributed by atoms with E-state index in [2.05, 4.69) is 53.5 Å². The number of rotatable bonds is 10. The van der Waals surface area contributed by atoms with Crippen LogP contribution in [0, 0.1) is 6.92 Å². The zero-order valence-electron chi connectivity index (χ0n) is 17.1. The van der Waals surface area contributed by atoms with E-state index < -0.39 is 0 Å². The number of nitrogens with one attached hydrogen (secondary N) is 1. The molecule has 2 aromatic carbocycles. The Hall–Kier alpha value is -2.08. The van der Waals surface area contributed by atoms with E-state index in [9.17, 15) is 0 Å². The van der Waals surface area contributed by atoms with Crippen LogP contribution in [0.15, 0.2) is 42.5 Å². The van der Waals surface area contributed by atoms with Crippen LogP contribution in [0.25, 0.3) is 0 Å². The average Bonchev–Trinajstić information content (AvgIpc) is 2.73. The van der Waals surface area contributed by atoms with E-state index in [1.165, 1.54) is 11.1 Å². The van der Waals surface area contributed by atoms with Gasteiger partial charge in [0.05, 0.1) is 20.3 Å². The van der Waals surface area contributed by atoms with Gasteiger partial charge in [0.2, 0.25) is 0 Å². The maximum atomic E-state index is 5.97. The van der Waals surface area contributed by atoms with Crippen molar-refractivity contribution in [3.8, 4) is 11.5 Å². The van der Waals surface area contributed by atoms with Crippen molar-refractivity contribution in [1.82, 2.24) is 10.2 Å². The normalized spacial score (nSPS) is 14.8. The highest BCUT2D eigenvalue weighted by molar-refractivity contribution is 5.43. The molecule has 0 saturated carbocycles. The van der Waals surface area contributed by atoms with Gasteiger partial charge in [-0.3, -0.25) is 4.90 Å². The molecular formula is C23H32N2O3. The highest BCUT2D eigenvalue weighted by Crippen LogP contribution is 2.29. The van der Waals surface area contributed by atoms with Crippen molar-refractivity contribution in [2.75, 3.05) is 46.5 Å². The number of ether oxygens (including phenoxy) is 3. The molecule has 1 N–H and O–H groups in total. The Morgan fingerprint density at radius 1 is 1.04 bits per heavy atom. The smallest absolute Gasteiger partial charge is 0.161 e. The van der Waals surface area contributed by atoms with Gasteiger partial charge in [-0.05, 0) is 49.7 Å². The number of morpholine rings is 1. The molecule has 0 amide bonds. The minimum absolute atomic E-state index is 0.539. The third-order valence-electron chi connectivity index (χ3n) is 4.97. The lowest BCUT2D eigenvalue weighted by Crippen LogP contribution is -2.37. The Labute approximate surface area is 168 Å². The first kappa shape index (κ1) is 20.6. The van der Waals surface area contributed by atoms with E-state index in [-0.39, 0.29) is 0 Å². The molecule has 152 valence electrons. The van der Waals surface area contributed by atoms with E-state index in [4.69, 9.17) is 14.2 Å². The molecular weight excluding hydrogens is 352 g/mol. The van der Waals surface area contributed by atoms with Crippen LogP contribution in [0.5, 0.6) is 11.5 Å². The number of aryl methyl sites for hydroxylation is 1. The number of hydrogen-bond donors (Lipinski definition) is 1. The molecule has 0 atom stereocenters. The fourth-order valence-electron chi connectivity index (χ4n) is 3.39. The lowest BCUT2D eigenvalue weighted by molar-refractivity contribution is 0.0374. The lowest BCUT2D eigenvalue weighted by atomic mass is 10.1. The average molecular weight is 385 g/mol. The summed E-state index contributed by atoms with van der Waals surface area (Å²) in [6.07, 6.45) is 1.15. The lowest BCUT2D eigenvalue weighted by Gasteiger charge is -2.26. The number of nitrogens with zero attached hydrogens (tertiary/aromatic N) is 1. The summed E-state index contributed by atoms with van der Waals surface area (Å²) in [4.78, 5) is 2.47. The summed E-state index contributed by atoms with van der Waals surface area (Å²) in [5.74, 6) is 1.56. The first-order valence-electron chi connectivity index (χ1n) is 10.1. The molecule has 0 bridgehead atoms. The van der Waals surface area contributed by atoms with Gasteiger partial charge in [0, 0.05) is 19.6 Å². The summed E-state index contributed by atoms with van der Waals surface area (Å²) in [6.45, 7) is 9.44. The van der Waals surface area contributed by atoms with Crippen LogP contribution < -0.4 is 14.8 Å². The molecule has 1 fully saturated rings. The number of hydrogen-bond acceptors (Lipinski definition) is 5. The van der Waals surface area contributed by atoms with Gasteiger partial charge in [0.25, 0.3) is 0 Å². The van der Waals surface area contributed by atoms with E-state index in [1.807, 2.05) is 6.07 Å². The molecule has 28 heavy (non-hydrogen) atoms. The van der Waals surface area contributed by atoms with Crippen LogP contribution in [-0.4, -0.2) is 51.4 Å². The highest BCUT2D eigenvalue weighted by Gasteiger charge is 2.09. The molecule has 0 unspecified atom stereocenters. The maximum Gasteiger partial charge on any atom is 0.161 e. The summed E-state index contributed by atoms with van der Waals surface area (Å²) >= 11 is 0. The van der Waals surface area contributed by atoms with Gasteiger partial charge in [0.15, 0.2) is 11.5 Å². The Morgan fingerprint density at radius 2 is 1.89 bits per heavy atom. The van der Waals surface area contributed by atoms with Crippen molar-refractivity contribution in [3.63, 3.8) is 0 Å². The van der Waals surface area contributed by atoms with Crippen LogP contribution in [0.4, 0.5) is 0 Å². The molecule has 1 heterocycles. The van der Waals surface area contributed by atoms with Crippen molar-refractivity contribution in [2.24, 2.45) is 0 Å². The Balaban J connectivity index is 1.43. The first-order chi connectivity index (χ1) is 13.7. The van der Waals surface area contributed by atoms with E-state index in [0.29, 0.717) is 6.61 Å². The molecule has 5 nitrogen and oxygen atoms in total. The fourth-order valence-corrected chi connectivity index (χ4v) is 3.39. The highest BCUT2D eigenvalue weighted by atomic mass is 16.5. The van der Waals surface area contributed by atoms with Crippen LogP contribution >= 0.6 is 0 Å². The second-order valence-electron chi connectivity index (χ2n) is 7.25. The number of methoxy groups -OCH3 is 1. The standard InChI is InChI=1S/C23H32N2O3/c1-19-5-3-6-21(15-19)18-28-22-8-7-20(16-23(22)26-2)17-24-9-4-10-25-11-13-27-14-12-25/h3,5-8,15-16,24H,4,9-14,17-18H2,1-2H3. The van der Waals surface area contributed by atoms with E-state index in [0.717, 1.165) is 69.4 Å². The third kappa shape index (κ3) is 6.51. The number of benzene rings is 2. The van der Waals surface area contributed by atoms with Gasteiger partial charge in [-0.1, -0.05) is 35.9 Å². The van der Waals surface area contributed by atoms with Crippen LogP contribution in [0.3, 0.4) is 0 Å². The Kier molecular flexibility index (Phi) is 8.15. The quantitative estimate of drug-likeness (QED) is 0.636. The van der Waals surface area contributed by atoms with Gasteiger partial charge < -0.3 is 19.5 Å². The molecule has 1 saturated heterocycles. The van der Waals surface area contributed by atoms with Crippen molar-refractivity contribution < 1.29 is 14.2 Å². The topological polar surface area (TPSA) is 43.0 Å². The first-order valence-corrected chi connectivity index (χ1v) is 10.1. The maximum absolute atomic E-state index is 5.97. The molecule has 2 aromatic rings. The van der Waals surface area contributed by atoms with Crippen LogP contribution in [-0.2, 0) is 17.9 Å². The molecule has 0 spiro atoms. The Morgan fingerprint density at radius 3 is 2.68 bits per heavy atom. The van der Waals surface area contributed by atoms with Crippen LogP contribution in [0.1, 0.15) is 23.1 Å². The summed E-state index contributed by atoms with van der Waals surface area (Å²) in [5.41, 5.74) is 3.60. The molecule has 0 aliphatic carbocycles. The summed E-state index contributed by atoms with van der Waals surface area (Å²) in [6, 6.07) is 14.5. The van der Waals surface area contributed by atoms with Gasteiger partial charge in [0.1, 0.15) is 6.61 Å². The van der Waals surface area contributed by atoms with Gasteiger partial charge in [-0.15, -0.1) is 0 Å². The summed E-state index contributed by atoms with van der Waals surface area (Å²) < 4.78 is 16.9. The molecule has 0 radical (unpaired) electrons. The zero-order valence-corrected chi connectivity index (χ0v) is 17.1. The van der Waals surface area contributed by atoms with Crippen LogP contribution in [0.2, 0.25) is 0 Å². The molecule has 5 heteroatoms. The van der Waals surface area contributed by atoms with Crippen molar-refractivity contribution in [1.29, 1.82) is 0 Å². The van der Waals surface area contributed by atoms with Gasteiger partial charge in [-0.2, -0.15) is 0 Å². The fraction of sp³-hybridized carbons (Fsp3) is 0.478. The molecule has 3 rings (SSSR count). The third-order valence-corrected chi connectivity index (χ3v) is 4.97. The van der Waals surface area contributed by atoms with E-state index in [1.54, 1.807) is 7.11 Å². The summed E-state index contributed by atoms with van der Waals surface area (Å²) in [5, 5.41) is 3.52. The zero-order chi connectivity index (χ0) is 19.6. The monoisotopic (exact) mass is 384 g/mol. The Bertz CT molecular complexity index is 730. The molecule has 1 aliphatic rings. The van der Waals surface area contributed by atoms with Crippen molar-refractivity contribution in [2.45, 2.75) is 26.5 Å². The predicted molar refractivity (Wildman–Crippen MR) is 112 cm³/mol. The largest absolute Gasteiger partial charge is 0.493 e. The molecule has 0 aromatic heterocycles. The second-order valence-corrected chi connectivity index (χ2v) is 7.25. The van der Waals surface area contributed by atoms with Gasteiger partial charge >= 0.3 is 0 Å². The predicted octanol–water partition coefficient (Wildman–Crippen LogP) is 3.39. The minimum Gasteiger partial charge on any atom is -0.493 e. The van der Waals surface area contributed by atoms with E-state index >= 15 is 0 Å². The van der Waals surface area contributed by atoms with Gasteiger partial charge in [-0.25, -0.2) is 0 Å². The minimum atomic E-state index is 0.539. The summed E-state index contributed by atoms with van der Waals surface area (Å²) in [7, 11) is 1.69. The van der Waals surface area contributed by atoms with Crippen molar-refractivity contribution >= 4 is 0 Å². The SMILES string of the molecule is COc1cc(CNCCCN2CCOCC2)ccc1OCc1cccc(C)c1. The molecule has 1 aliphatic heterocycles.